The number of aromatic nitrogens is 5. The van der Waals surface area contributed by atoms with Gasteiger partial charge in [-0.15, -0.1) is 0 Å². The molecule has 0 radical (unpaired) electrons. The van der Waals surface area contributed by atoms with E-state index in [-0.39, 0.29) is 0 Å². The number of hydrogen-bond acceptors (Lipinski definition) is 6. The molecule has 8 nitrogen and oxygen atoms in total. The van der Waals surface area contributed by atoms with E-state index in [4.69, 9.17) is 15.0 Å². The minimum Gasteiger partial charge on any atom is -0.308 e. The summed E-state index contributed by atoms with van der Waals surface area (Å²) in [6.45, 7) is 4.47. The van der Waals surface area contributed by atoms with Crippen molar-refractivity contribution < 1.29 is 0 Å². The first-order valence-electron chi connectivity index (χ1n) is 28.1. The Balaban J connectivity index is 1.10. The number of rotatable bonds is 14. The van der Waals surface area contributed by atoms with Crippen LogP contribution in [0.25, 0.3) is 123 Å². The van der Waals surface area contributed by atoms with Crippen LogP contribution in [0.4, 0.5) is 0 Å². The Kier molecular flexibility index (Phi) is 13.5. The molecule has 0 fully saturated rings. The van der Waals surface area contributed by atoms with E-state index < -0.39 is 0 Å². The second kappa shape index (κ2) is 21.8. The van der Waals surface area contributed by atoms with Crippen LogP contribution in [0.3, 0.4) is 0 Å². The van der Waals surface area contributed by atoms with E-state index in [0.717, 1.165) is 133 Å². The second-order valence-electron chi connectivity index (χ2n) is 21.0. The molecule has 0 bridgehead atoms. The summed E-state index contributed by atoms with van der Waals surface area (Å²) in [7, 11) is 0. The normalized spacial score (nSPS) is 11.3. The maximum atomic E-state index is 10.1. The molecule has 0 atom stereocenters. The summed E-state index contributed by atoms with van der Waals surface area (Å²) in [4.78, 5) is 16.6. The van der Waals surface area contributed by atoms with Gasteiger partial charge in [0.2, 0.25) is 0 Å². The molecule has 8 heteroatoms. The van der Waals surface area contributed by atoms with E-state index in [1.165, 1.54) is 21.9 Å². The summed E-state index contributed by atoms with van der Waals surface area (Å²) in [6, 6.07) is 82.1. The molecular formula is C74H54N8. The van der Waals surface area contributed by atoms with Gasteiger partial charge >= 0.3 is 0 Å². The maximum Gasteiger partial charge on any atom is 0.166 e. The van der Waals surface area contributed by atoms with E-state index >= 15 is 0 Å². The predicted molar refractivity (Wildman–Crippen MR) is 332 cm³/mol. The van der Waals surface area contributed by atoms with Gasteiger partial charge in [-0.3, -0.25) is 0 Å². The Labute approximate surface area is 476 Å². The van der Waals surface area contributed by atoms with Gasteiger partial charge in [0.25, 0.3) is 0 Å². The molecule has 3 aromatic heterocycles. The lowest BCUT2D eigenvalue weighted by atomic mass is 9.99. The molecule has 13 rings (SSSR count). The molecule has 0 saturated carbocycles. The first-order chi connectivity index (χ1) is 40.4. The van der Waals surface area contributed by atoms with Gasteiger partial charge in [0.15, 0.2) is 17.5 Å². The lowest BCUT2D eigenvalue weighted by Crippen LogP contribution is -2.06. The highest BCUT2D eigenvalue weighted by Crippen LogP contribution is 2.42. The van der Waals surface area contributed by atoms with Crippen LogP contribution < -0.4 is 0 Å². The number of unbranched alkanes of at least 4 members (excludes halogenated alkanes) is 2. The monoisotopic (exact) mass is 1050 g/mol. The average molecular weight is 1060 g/mol. The van der Waals surface area contributed by atoms with E-state index in [1.807, 2.05) is 60.7 Å². The summed E-state index contributed by atoms with van der Waals surface area (Å²) >= 11 is 0. The van der Waals surface area contributed by atoms with Gasteiger partial charge in [-0.25, -0.2) is 15.0 Å². The zero-order chi connectivity index (χ0) is 55.7. The third-order valence-corrected chi connectivity index (χ3v) is 15.8. The third kappa shape index (κ3) is 9.41. The van der Waals surface area contributed by atoms with Crippen molar-refractivity contribution in [3.05, 3.63) is 246 Å². The minimum atomic E-state index is 0.480. The first-order valence-corrected chi connectivity index (χ1v) is 28.1. The van der Waals surface area contributed by atoms with Crippen molar-refractivity contribution in [1.29, 1.82) is 15.8 Å². The number of nitriles is 3. The van der Waals surface area contributed by atoms with Crippen LogP contribution in [0.2, 0.25) is 0 Å². The standard InChI is InChI=1S/C74H54N8/c1-3-5-13-48-25-37-68-64(41-48)60-19-7-9-21-66(60)81(68)70-43-58(56-17-11-15-51(39-56)46-76)33-35-62(70)73-78-72(55-31-29-54(30-32-55)53-27-23-50(45-75)24-28-53)79-74(80-73)63-36-34-59(57-18-12-16-52(40-57)47-77)44-71(63)82-67-22-10-8-20-61(67)65-42-49(14-6-4-2)26-38-69(65)82/h7-12,15-44H,3-6,13-14H2,1-2H3. The molecule has 390 valence electrons. The summed E-state index contributed by atoms with van der Waals surface area (Å²) in [5, 5.41) is 34.3. The topological polar surface area (TPSA) is 120 Å². The van der Waals surface area contributed by atoms with Crippen LogP contribution in [0.15, 0.2) is 218 Å². The maximum absolute atomic E-state index is 10.1. The number of nitrogens with zero attached hydrogens (tertiary/aromatic N) is 8. The molecule has 82 heavy (non-hydrogen) atoms. The van der Waals surface area contributed by atoms with E-state index in [9.17, 15) is 15.8 Å². The van der Waals surface area contributed by atoms with Crippen LogP contribution in [0, 0.1) is 34.0 Å². The number of benzene rings is 10. The van der Waals surface area contributed by atoms with Crippen LogP contribution in [0.1, 0.15) is 67.3 Å². The van der Waals surface area contributed by atoms with Crippen molar-refractivity contribution in [2.24, 2.45) is 0 Å². The summed E-state index contributed by atoms with van der Waals surface area (Å²) in [5.74, 6) is 1.45. The van der Waals surface area contributed by atoms with Crippen LogP contribution in [-0.4, -0.2) is 24.1 Å². The number of para-hydroxylation sites is 2. The van der Waals surface area contributed by atoms with E-state index in [0.29, 0.717) is 34.2 Å². The molecule has 0 aliphatic rings. The molecule has 0 N–H and O–H groups in total. The predicted octanol–water partition coefficient (Wildman–Crippen LogP) is 18.4. The molecule has 13 aromatic rings. The molecule has 10 aromatic carbocycles. The second-order valence-corrected chi connectivity index (χ2v) is 21.0. The van der Waals surface area contributed by atoms with Crippen molar-refractivity contribution in [1.82, 2.24) is 24.1 Å². The molecule has 0 aliphatic heterocycles. The van der Waals surface area contributed by atoms with Gasteiger partial charge in [0.1, 0.15) is 0 Å². The molecule has 0 spiro atoms. The Morgan fingerprint density at radius 1 is 0.329 bits per heavy atom. The number of hydrogen-bond donors (Lipinski definition) is 0. The minimum absolute atomic E-state index is 0.480. The summed E-state index contributed by atoms with van der Waals surface area (Å²) in [6.07, 6.45) is 6.43. The van der Waals surface area contributed by atoms with Gasteiger partial charge in [-0.1, -0.05) is 148 Å². The molecule has 0 unspecified atom stereocenters. The third-order valence-electron chi connectivity index (χ3n) is 15.8. The van der Waals surface area contributed by atoms with Crippen LogP contribution >= 0.6 is 0 Å². The fraction of sp³-hybridized carbons (Fsp3) is 0.108. The zero-order valence-corrected chi connectivity index (χ0v) is 45.6. The smallest absolute Gasteiger partial charge is 0.166 e. The highest BCUT2D eigenvalue weighted by atomic mass is 15.1. The molecular weight excluding hydrogens is 1000 g/mol. The van der Waals surface area contributed by atoms with Crippen molar-refractivity contribution in [2.75, 3.05) is 0 Å². The fourth-order valence-corrected chi connectivity index (χ4v) is 11.6. The van der Waals surface area contributed by atoms with Gasteiger partial charge in [-0.05, 0) is 167 Å². The highest BCUT2D eigenvalue weighted by molar-refractivity contribution is 6.11. The summed E-state index contributed by atoms with van der Waals surface area (Å²) in [5.41, 5.74) is 18.4. The lowest BCUT2D eigenvalue weighted by molar-refractivity contribution is 0.796. The van der Waals surface area contributed by atoms with Crippen LogP contribution in [0.5, 0.6) is 0 Å². The van der Waals surface area contributed by atoms with Crippen LogP contribution in [-0.2, 0) is 12.8 Å². The molecule has 0 saturated heterocycles. The van der Waals surface area contributed by atoms with Crippen molar-refractivity contribution in [2.45, 2.75) is 52.4 Å². The quantitative estimate of drug-likeness (QED) is 0.107. The van der Waals surface area contributed by atoms with Crippen molar-refractivity contribution >= 4 is 43.6 Å². The van der Waals surface area contributed by atoms with Gasteiger partial charge in [-0.2, -0.15) is 15.8 Å². The highest BCUT2D eigenvalue weighted by Gasteiger charge is 2.24. The SMILES string of the molecule is CCCCc1ccc2c(c1)c1ccccc1n2-c1cc(-c2cccc(C#N)c2)ccc1-c1nc(-c2ccc(-c3ccc(C#N)cc3)cc2)nc(-c2ccc(-c3cccc(C#N)c3)cc2-n2c3ccccc3c3cc(CCCC)ccc32)n1. The van der Waals surface area contributed by atoms with Gasteiger partial charge in [0, 0.05) is 38.2 Å². The lowest BCUT2D eigenvalue weighted by Gasteiger charge is -2.18. The molecule has 0 amide bonds. The van der Waals surface area contributed by atoms with E-state index in [2.05, 4.69) is 199 Å². The van der Waals surface area contributed by atoms with Crippen molar-refractivity contribution in [3.8, 4) is 97.1 Å². The Morgan fingerprint density at radius 2 is 0.732 bits per heavy atom. The molecule has 3 heterocycles. The Bertz CT molecular complexity index is 4500. The van der Waals surface area contributed by atoms with Gasteiger partial charge < -0.3 is 9.13 Å². The largest absolute Gasteiger partial charge is 0.308 e. The molecule has 0 aliphatic carbocycles. The Morgan fingerprint density at radius 3 is 1.20 bits per heavy atom. The van der Waals surface area contributed by atoms with Crippen molar-refractivity contribution in [3.63, 3.8) is 0 Å². The summed E-state index contributed by atoms with van der Waals surface area (Å²) < 4.78 is 4.69. The van der Waals surface area contributed by atoms with E-state index in [1.54, 1.807) is 0 Å². The average Bonchev–Trinajstić information content (AvgIpc) is 3.66. The zero-order valence-electron chi connectivity index (χ0n) is 45.6. The first kappa shape index (κ1) is 50.8. The van der Waals surface area contributed by atoms with Gasteiger partial charge in [0.05, 0.1) is 68.3 Å². The fourth-order valence-electron chi connectivity index (χ4n) is 11.6. The number of fused-ring (bicyclic) bond motifs is 6. The number of aryl methyl sites for hydroxylation is 2. The Hall–Kier alpha value is -10.7.